The molecule has 0 bridgehead atoms. The van der Waals surface area contributed by atoms with E-state index in [2.05, 4.69) is 0 Å². The van der Waals surface area contributed by atoms with E-state index in [0.717, 1.165) is 0 Å². The van der Waals surface area contributed by atoms with Crippen molar-refractivity contribution in [2.45, 2.75) is 11.6 Å². The molecular formula is C24H17FO2. The zero-order chi connectivity index (χ0) is 18.9. The van der Waals surface area contributed by atoms with Crippen molar-refractivity contribution in [2.75, 3.05) is 0 Å². The molecule has 0 heterocycles. The summed E-state index contributed by atoms with van der Waals surface area (Å²) in [6.45, 7) is 0. The number of alkyl halides is 1. The van der Waals surface area contributed by atoms with Crippen LogP contribution in [0.2, 0.25) is 0 Å². The summed E-state index contributed by atoms with van der Waals surface area (Å²) in [5.74, 6) is -1.66. The van der Waals surface area contributed by atoms with Gasteiger partial charge in [0.05, 0.1) is 5.92 Å². The molecule has 3 aromatic rings. The molecule has 27 heavy (non-hydrogen) atoms. The molecule has 0 aromatic heterocycles. The number of carbonyl (C=O) groups excluding carboxylic acids is 2. The number of aldehydes is 1. The van der Waals surface area contributed by atoms with Crippen LogP contribution in [0.1, 0.15) is 22.6 Å². The predicted octanol–water partition coefficient (Wildman–Crippen LogP) is 4.87. The van der Waals surface area contributed by atoms with E-state index in [1.54, 1.807) is 78.9 Å². The smallest absolute Gasteiger partial charge is 0.209 e. The SMILES string of the molecule is O=CC1=C(c2ccccc2)C(=O)C(F)(c2ccccc2)C1c1ccccc1. The highest BCUT2D eigenvalue weighted by atomic mass is 19.1. The number of hydrogen-bond donors (Lipinski definition) is 0. The van der Waals surface area contributed by atoms with Crippen molar-refractivity contribution in [1.29, 1.82) is 0 Å². The third kappa shape index (κ3) is 2.63. The maximum Gasteiger partial charge on any atom is 0.209 e. The van der Waals surface area contributed by atoms with Crippen LogP contribution in [0.3, 0.4) is 0 Å². The summed E-state index contributed by atoms with van der Waals surface area (Å²) in [4.78, 5) is 25.5. The summed E-state index contributed by atoms with van der Waals surface area (Å²) in [7, 11) is 0. The first-order chi connectivity index (χ1) is 13.2. The van der Waals surface area contributed by atoms with Crippen molar-refractivity contribution >= 4 is 17.6 Å². The van der Waals surface area contributed by atoms with Gasteiger partial charge in [-0.2, -0.15) is 0 Å². The Bertz CT molecular complexity index is 1010. The van der Waals surface area contributed by atoms with E-state index < -0.39 is 17.4 Å². The van der Waals surface area contributed by atoms with Gasteiger partial charge in [0, 0.05) is 11.1 Å². The van der Waals surface area contributed by atoms with Gasteiger partial charge in [0.15, 0.2) is 0 Å². The second kappa shape index (κ2) is 6.76. The number of halogens is 1. The number of allylic oxidation sites excluding steroid dienone is 2. The number of benzene rings is 3. The number of ketones is 1. The van der Waals surface area contributed by atoms with E-state index in [1.165, 1.54) is 0 Å². The monoisotopic (exact) mass is 356 g/mol. The van der Waals surface area contributed by atoms with Gasteiger partial charge in [-0.1, -0.05) is 91.0 Å². The molecule has 2 nitrogen and oxygen atoms in total. The quantitative estimate of drug-likeness (QED) is 0.625. The topological polar surface area (TPSA) is 34.1 Å². The third-order valence-electron chi connectivity index (χ3n) is 5.07. The molecule has 0 aliphatic heterocycles. The van der Waals surface area contributed by atoms with Crippen LogP contribution in [-0.4, -0.2) is 12.1 Å². The van der Waals surface area contributed by atoms with Gasteiger partial charge in [0.25, 0.3) is 0 Å². The van der Waals surface area contributed by atoms with E-state index >= 15 is 4.39 Å². The number of hydrogen-bond acceptors (Lipinski definition) is 2. The Kier molecular flexibility index (Phi) is 4.28. The van der Waals surface area contributed by atoms with Gasteiger partial charge >= 0.3 is 0 Å². The van der Waals surface area contributed by atoms with Gasteiger partial charge in [-0.3, -0.25) is 9.59 Å². The minimum Gasteiger partial charge on any atom is -0.298 e. The second-order valence-corrected chi connectivity index (χ2v) is 6.56. The van der Waals surface area contributed by atoms with Crippen molar-refractivity contribution in [3.8, 4) is 0 Å². The molecular weight excluding hydrogens is 339 g/mol. The fraction of sp³-hybridized carbons (Fsp3) is 0.0833. The summed E-state index contributed by atoms with van der Waals surface area (Å²) in [6, 6.07) is 26.1. The molecule has 0 radical (unpaired) electrons. The van der Waals surface area contributed by atoms with Crippen LogP contribution in [0, 0.1) is 0 Å². The summed E-state index contributed by atoms with van der Waals surface area (Å²) in [6.07, 6.45) is 0.627. The van der Waals surface area contributed by atoms with Crippen LogP contribution in [0.25, 0.3) is 5.57 Å². The lowest BCUT2D eigenvalue weighted by Crippen LogP contribution is -2.33. The van der Waals surface area contributed by atoms with E-state index in [9.17, 15) is 9.59 Å². The highest BCUT2D eigenvalue weighted by Crippen LogP contribution is 2.54. The van der Waals surface area contributed by atoms with Crippen LogP contribution >= 0.6 is 0 Å². The van der Waals surface area contributed by atoms with Crippen LogP contribution in [0.5, 0.6) is 0 Å². The van der Waals surface area contributed by atoms with Crippen LogP contribution in [0.4, 0.5) is 4.39 Å². The lowest BCUT2D eigenvalue weighted by molar-refractivity contribution is -0.124. The second-order valence-electron chi connectivity index (χ2n) is 6.56. The predicted molar refractivity (Wildman–Crippen MR) is 103 cm³/mol. The fourth-order valence-electron chi connectivity index (χ4n) is 3.87. The van der Waals surface area contributed by atoms with E-state index in [1.807, 2.05) is 12.1 Å². The standard InChI is InChI=1S/C24H17FO2/c25-24(19-14-8-3-9-15-19)22(18-12-6-2-7-13-18)20(16-26)21(23(24)27)17-10-4-1-5-11-17/h1-16,22H. The van der Waals surface area contributed by atoms with Crippen molar-refractivity contribution in [3.63, 3.8) is 0 Å². The summed E-state index contributed by atoms with van der Waals surface area (Å²) < 4.78 is 16.6. The number of carbonyl (C=O) groups is 2. The van der Waals surface area contributed by atoms with Crippen molar-refractivity contribution in [3.05, 3.63) is 113 Å². The lowest BCUT2D eigenvalue weighted by atomic mass is 9.78. The molecule has 1 aliphatic rings. The minimum atomic E-state index is -2.33. The van der Waals surface area contributed by atoms with E-state index in [0.29, 0.717) is 17.4 Å². The van der Waals surface area contributed by atoms with E-state index in [-0.39, 0.29) is 16.7 Å². The Balaban J connectivity index is 2.01. The van der Waals surface area contributed by atoms with Gasteiger partial charge < -0.3 is 0 Å². The molecule has 0 saturated heterocycles. The Labute approximate surface area is 157 Å². The third-order valence-corrected chi connectivity index (χ3v) is 5.07. The lowest BCUT2D eigenvalue weighted by Gasteiger charge is -2.28. The highest BCUT2D eigenvalue weighted by Gasteiger charge is 2.57. The van der Waals surface area contributed by atoms with Gasteiger partial charge in [0.2, 0.25) is 11.5 Å². The van der Waals surface area contributed by atoms with E-state index in [4.69, 9.17) is 0 Å². The highest BCUT2D eigenvalue weighted by molar-refractivity contribution is 6.32. The molecule has 2 unspecified atom stereocenters. The molecule has 0 saturated carbocycles. The van der Waals surface area contributed by atoms with Crippen molar-refractivity contribution < 1.29 is 14.0 Å². The summed E-state index contributed by atoms with van der Waals surface area (Å²) in [5.41, 5.74) is -0.570. The molecule has 132 valence electrons. The van der Waals surface area contributed by atoms with Crippen LogP contribution < -0.4 is 0 Å². The molecule has 0 amide bonds. The molecule has 3 heteroatoms. The fourth-order valence-corrected chi connectivity index (χ4v) is 3.87. The molecule has 0 N–H and O–H groups in total. The van der Waals surface area contributed by atoms with Crippen LogP contribution in [0.15, 0.2) is 96.6 Å². The summed E-state index contributed by atoms with van der Waals surface area (Å²) >= 11 is 0. The van der Waals surface area contributed by atoms with Crippen molar-refractivity contribution in [2.24, 2.45) is 0 Å². The Morgan fingerprint density at radius 2 is 1.30 bits per heavy atom. The molecule has 0 spiro atoms. The largest absolute Gasteiger partial charge is 0.298 e. The number of Topliss-reactive ketones (excluding diaryl/α,β-unsaturated/α-hetero) is 1. The number of rotatable bonds is 4. The van der Waals surface area contributed by atoms with Crippen LogP contribution in [-0.2, 0) is 15.3 Å². The Hall–Kier alpha value is -3.33. The Morgan fingerprint density at radius 1 is 0.778 bits per heavy atom. The minimum absolute atomic E-state index is 0.158. The normalized spacial score (nSPS) is 22.1. The van der Waals surface area contributed by atoms with Gasteiger partial charge in [-0.15, -0.1) is 0 Å². The van der Waals surface area contributed by atoms with Gasteiger partial charge in [-0.25, -0.2) is 4.39 Å². The molecule has 2 atom stereocenters. The van der Waals surface area contributed by atoms with Crippen molar-refractivity contribution in [1.82, 2.24) is 0 Å². The average molecular weight is 356 g/mol. The maximum absolute atomic E-state index is 16.6. The van der Waals surface area contributed by atoms with Gasteiger partial charge in [0.1, 0.15) is 6.29 Å². The summed E-state index contributed by atoms with van der Waals surface area (Å²) in [5, 5.41) is 0. The van der Waals surface area contributed by atoms with Gasteiger partial charge in [-0.05, 0) is 16.7 Å². The first-order valence-corrected chi connectivity index (χ1v) is 8.77. The molecule has 4 rings (SSSR count). The molecule has 0 fully saturated rings. The zero-order valence-corrected chi connectivity index (χ0v) is 14.5. The molecule has 3 aromatic carbocycles. The Morgan fingerprint density at radius 3 is 1.85 bits per heavy atom. The first-order valence-electron chi connectivity index (χ1n) is 8.77. The zero-order valence-electron chi connectivity index (χ0n) is 14.5. The first kappa shape index (κ1) is 17.1. The molecule has 1 aliphatic carbocycles. The average Bonchev–Trinajstić information content (AvgIpc) is 2.98. The maximum atomic E-state index is 16.6.